The average molecular weight is 253 g/mol. The topological polar surface area (TPSA) is 144 Å². The van der Waals surface area contributed by atoms with Gasteiger partial charge >= 0.3 is 32.1 Å². The van der Waals surface area contributed by atoms with Crippen LogP contribution >= 0.6 is 8.25 Å². The second-order valence-corrected chi connectivity index (χ2v) is 3.10. The fourth-order valence-electron chi connectivity index (χ4n) is 0.496. The van der Waals surface area contributed by atoms with Gasteiger partial charge in [0.05, 0.1) is 0 Å². The number of hydrogen-bond donors (Lipinski definition) is 2. The second-order valence-electron chi connectivity index (χ2n) is 2.29. The third kappa shape index (κ3) is 7.39. The van der Waals surface area contributed by atoms with Gasteiger partial charge in [-0.3, -0.25) is 9.59 Å². The normalized spacial score (nSPS) is 9.00. The first-order valence-electron chi connectivity index (χ1n) is 3.63. The van der Waals surface area contributed by atoms with Crippen molar-refractivity contribution < 1.29 is 43.0 Å². The van der Waals surface area contributed by atoms with Crippen LogP contribution in [0.25, 0.3) is 0 Å². The zero-order chi connectivity index (χ0) is 12.7. The smallest absolute Gasteiger partial charge is 0.481 e. The number of aliphatic carboxylic acids is 2. The summed E-state index contributed by atoms with van der Waals surface area (Å²) in [4.78, 5) is 41.1. The second kappa shape index (κ2) is 6.46. The molecule has 0 aromatic heterocycles. The first-order valence-corrected chi connectivity index (χ1v) is 4.73. The molecule has 0 rings (SSSR count). The Bertz CT molecular complexity index is 314. The quantitative estimate of drug-likeness (QED) is 0.480. The van der Waals surface area contributed by atoms with Gasteiger partial charge in [-0.25, -0.2) is 9.59 Å². The van der Waals surface area contributed by atoms with Crippen LogP contribution in [0.15, 0.2) is 0 Å². The van der Waals surface area contributed by atoms with Crippen LogP contribution in [0.4, 0.5) is 0 Å². The fraction of sp³-hybridized carbons (Fsp3) is 0.333. The SMILES string of the molecule is O=C(O)CC(=O)O[P+](=O)OC(=O)CC(=O)O. The van der Waals surface area contributed by atoms with Crippen LogP contribution in [0.3, 0.4) is 0 Å². The van der Waals surface area contributed by atoms with Crippen LogP contribution in [0.1, 0.15) is 12.8 Å². The van der Waals surface area contributed by atoms with Crippen molar-refractivity contribution >= 4 is 32.1 Å². The van der Waals surface area contributed by atoms with Crippen molar-refractivity contribution in [3.8, 4) is 0 Å². The molecule has 0 saturated heterocycles. The highest BCUT2D eigenvalue weighted by Gasteiger charge is 2.32. The van der Waals surface area contributed by atoms with Gasteiger partial charge in [-0.1, -0.05) is 0 Å². The minimum atomic E-state index is -3.20. The summed E-state index contributed by atoms with van der Waals surface area (Å²) in [5.74, 6) is -5.75. The van der Waals surface area contributed by atoms with Gasteiger partial charge in [0.1, 0.15) is 12.8 Å². The van der Waals surface area contributed by atoms with Crippen molar-refractivity contribution in [2.45, 2.75) is 12.8 Å². The van der Waals surface area contributed by atoms with Crippen LogP contribution < -0.4 is 0 Å². The molecule has 0 saturated carbocycles. The number of carboxylic acids is 2. The van der Waals surface area contributed by atoms with Gasteiger partial charge in [-0.2, -0.15) is 9.05 Å². The lowest BCUT2D eigenvalue weighted by molar-refractivity contribution is -0.146. The summed E-state index contributed by atoms with van der Waals surface area (Å²) in [5, 5.41) is 16.2. The standard InChI is InChI=1S/C6H5O9P/c7-3(8)1-5(11)14-16(13)15-6(12)2-4(9)10/h1-2H2,(H-,7,8,9,10)/p+1. The Balaban J connectivity index is 3.99. The molecule has 88 valence electrons. The molecule has 9 nitrogen and oxygen atoms in total. The Morgan fingerprint density at radius 1 is 0.875 bits per heavy atom. The molecule has 0 aliphatic carbocycles. The highest BCUT2D eigenvalue weighted by atomic mass is 31.1. The minimum absolute atomic E-state index is 1.04. The van der Waals surface area contributed by atoms with Crippen LogP contribution in [-0.2, 0) is 32.8 Å². The van der Waals surface area contributed by atoms with E-state index in [0.717, 1.165) is 0 Å². The molecule has 2 N–H and O–H groups in total. The number of carboxylic acid groups (broad SMARTS) is 2. The Kier molecular flexibility index (Phi) is 5.65. The Hall–Kier alpha value is -2.02. The lowest BCUT2D eigenvalue weighted by Gasteiger charge is -1.89. The molecule has 0 spiro atoms. The lowest BCUT2D eigenvalue weighted by atomic mass is 10.5. The van der Waals surface area contributed by atoms with Crippen molar-refractivity contribution in [1.82, 2.24) is 0 Å². The van der Waals surface area contributed by atoms with E-state index in [2.05, 4.69) is 9.05 Å². The van der Waals surface area contributed by atoms with Crippen molar-refractivity contribution in [2.24, 2.45) is 0 Å². The van der Waals surface area contributed by atoms with Crippen LogP contribution in [-0.4, -0.2) is 34.1 Å². The zero-order valence-electron chi connectivity index (χ0n) is 7.61. The Morgan fingerprint density at radius 3 is 1.44 bits per heavy atom. The number of rotatable bonds is 6. The molecule has 0 amide bonds. The van der Waals surface area contributed by atoms with Gasteiger partial charge < -0.3 is 10.2 Å². The van der Waals surface area contributed by atoms with Crippen LogP contribution in [0, 0.1) is 0 Å². The minimum Gasteiger partial charge on any atom is -0.481 e. The molecule has 0 bridgehead atoms. The third-order valence-corrected chi connectivity index (χ3v) is 1.65. The van der Waals surface area contributed by atoms with E-state index in [1.807, 2.05) is 0 Å². The van der Waals surface area contributed by atoms with E-state index in [0.29, 0.717) is 0 Å². The number of hydrogen-bond acceptors (Lipinski definition) is 7. The maximum Gasteiger partial charge on any atom is 0.811 e. The monoisotopic (exact) mass is 253 g/mol. The van der Waals surface area contributed by atoms with E-state index in [1.165, 1.54) is 0 Å². The van der Waals surface area contributed by atoms with E-state index in [1.54, 1.807) is 0 Å². The van der Waals surface area contributed by atoms with E-state index < -0.39 is 45.0 Å². The number of carbonyl (C=O) groups excluding carboxylic acids is 2. The van der Waals surface area contributed by atoms with Crippen LogP contribution in [0.2, 0.25) is 0 Å². The van der Waals surface area contributed by atoms with Gasteiger partial charge in [0.25, 0.3) is 0 Å². The molecule has 16 heavy (non-hydrogen) atoms. The van der Waals surface area contributed by atoms with E-state index in [4.69, 9.17) is 10.2 Å². The maximum absolute atomic E-state index is 10.7. The predicted molar refractivity (Wildman–Crippen MR) is 44.3 cm³/mol. The predicted octanol–water partition coefficient (Wildman–Crippen LogP) is -0.320. The van der Waals surface area contributed by atoms with Crippen molar-refractivity contribution in [3.05, 3.63) is 0 Å². The van der Waals surface area contributed by atoms with Crippen LogP contribution in [0.5, 0.6) is 0 Å². The van der Waals surface area contributed by atoms with Gasteiger partial charge in [0.15, 0.2) is 0 Å². The lowest BCUT2D eigenvalue weighted by Crippen LogP contribution is -2.10. The molecule has 0 fully saturated rings. The maximum atomic E-state index is 10.7. The number of carbonyl (C=O) groups is 4. The van der Waals surface area contributed by atoms with Gasteiger partial charge in [-0.15, -0.1) is 0 Å². The molecule has 0 aliphatic heterocycles. The molecule has 0 aromatic carbocycles. The van der Waals surface area contributed by atoms with Crippen molar-refractivity contribution in [3.63, 3.8) is 0 Å². The summed E-state index contributed by atoms with van der Waals surface area (Å²) < 4.78 is 18.4. The third-order valence-electron chi connectivity index (χ3n) is 0.944. The zero-order valence-corrected chi connectivity index (χ0v) is 8.51. The Labute approximate surface area is 88.9 Å². The summed E-state index contributed by atoms with van der Waals surface area (Å²) in [6, 6.07) is 0. The van der Waals surface area contributed by atoms with Gasteiger partial charge in [-0.05, 0) is 0 Å². The molecule has 0 radical (unpaired) electrons. The summed E-state index contributed by atoms with van der Waals surface area (Å²) in [7, 11) is -3.20. The van der Waals surface area contributed by atoms with Crippen molar-refractivity contribution in [1.29, 1.82) is 0 Å². The first kappa shape index (κ1) is 14.0. The Morgan fingerprint density at radius 2 is 1.19 bits per heavy atom. The first-order chi connectivity index (χ1) is 7.31. The van der Waals surface area contributed by atoms with Gasteiger partial charge in [0, 0.05) is 4.57 Å². The summed E-state index contributed by atoms with van der Waals surface area (Å²) >= 11 is 0. The molecular weight excluding hydrogens is 247 g/mol. The molecule has 0 aromatic rings. The summed E-state index contributed by atoms with van der Waals surface area (Å²) in [5.41, 5.74) is 0. The largest absolute Gasteiger partial charge is 0.811 e. The molecule has 0 atom stereocenters. The molecule has 0 unspecified atom stereocenters. The van der Waals surface area contributed by atoms with E-state index in [9.17, 15) is 23.7 Å². The highest BCUT2D eigenvalue weighted by Crippen LogP contribution is 2.25. The van der Waals surface area contributed by atoms with Crippen molar-refractivity contribution in [2.75, 3.05) is 0 Å². The summed E-state index contributed by atoms with van der Waals surface area (Å²) in [6.07, 6.45) is -2.09. The van der Waals surface area contributed by atoms with Gasteiger partial charge in [0.2, 0.25) is 0 Å². The molecule has 0 aliphatic rings. The molecular formula is C6H6O9P+. The van der Waals surface area contributed by atoms with E-state index in [-0.39, 0.29) is 0 Å². The summed E-state index contributed by atoms with van der Waals surface area (Å²) in [6.45, 7) is 0. The highest BCUT2D eigenvalue weighted by molar-refractivity contribution is 7.34. The molecule has 10 heteroatoms. The van der Waals surface area contributed by atoms with E-state index >= 15 is 0 Å². The fourth-order valence-corrected chi connectivity index (χ4v) is 0.995. The average Bonchev–Trinajstić information content (AvgIpc) is 1.97. The molecule has 0 heterocycles.